The van der Waals surface area contributed by atoms with E-state index in [2.05, 4.69) is 19.6 Å². The number of allylic oxidation sites excluding steroid dienone is 2. The number of aryl methyl sites for hydroxylation is 1. The number of ether oxygens (including phenoxy) is 1. The summed E-state index contributed by atoms with van der Waals surface area (Å²) in [6, 6.07) is 17.7. The van der Waals surface area contributed by atoms with Crippen molar-refractivity contribution in [2.75, 3.05) is 11.9 Å². The van der Waals surface area contributed by atoms with E-state index >= 15 is 0 Å². The fourth-order valence-corrected chi connectivity index (χ4v) is 3.59. The van der Waals surface area contributed by atoms with Crippen molar-refractivity contribution >= 4 is 18.3 Å². The predicted molar refractivity (Wildman–Crippen MR) is 134 cm³/mol. The van der Waals surface area contributed by atoms with Gasteiger partial charge in [-0.1, -0.05) is 61.2 Å². The topological polar surface area (TPSA) is 45.6 Å². The van der Waals surface area contributed by atoms with Gasteiger partial charge in [0, 0.05) is 17.8 Å². The quantitative estimate of drug-likeness (QED) is 0.552. The molecule has 4 nitrogen and oxygen atoms in total. The molecule has 0 bridgehead atoms. The summed E-state index contributed by atoms with van der Waals surface area (Å²) in [5.74, 6) is 0.720. The van der Waals surface area contributed by atoms with Crippen LogP contribution in [0.5, 0.6) is 5.75 Å². The van der Waals surface area contributed by atoms with Crippen LogP contribution < -0.4 is 20.1 Å². The molecule has 3 rings (SSSR count). The Bertz CT molecular complexity index is 1210. The average Bonchev–Trinajstić information content (AvgIpc) is 2.78. The minimum atomic E-state index is -0.965. The van der Waals surface area contributed by atoms with Gasteiger partial charge >= 0.3 is 0 Å². The molecule has 0 aliphatic rings. The number of benzene rings is 2. The Labute approximate surface area is 190 Å². The number of nitrogens with zero attached hydrogens (tertiary/aromatic N) is 2. The van der Waals surface area contributed by atoms with Crippen molar-refractivity contribution in [2.45, 2.75) is 40.0 Å². The minimum absolute atomic E-state index is 0.0277. The van der Waals surface area contributed by atoms with Crippen molar-refractivity contribution in [1.82, 2.24) is 4.98 Å². The zero-order chi connectivity index (χ0) is 23.3. The molecule has 166 valence electrons. The number of hydrogen-bond acceptors (Lipinski definition) is 4. The number of aliphatic hydroxyl groups is 1. The molecule has 1 unspecified atom stereocenters. The van der Waals surface area contributed by atoms with Crippen LogP contribution in [0.4, 0.5) is 5.69 Å². The maximum Gasteiger partial charge on any atom is 0.170 e. The van der Waals surface area contributed by atoms with Gasteiger partial charge in [0.1, 0.15) is 5.75 Å². The maximum absolute atomic E-state index is 11.3. The van der Waals surface area contributed by atoms with E-state index < -0.39 is 6.23 Å². The zero-order valence-electron chi connectivity index (χ0n) is 19.5. The predicted octanol–water partition coefficient (Wildman–Crippen LogP) is 4.74. The highest BCUT2D eigenvalue weighted by atomic mass is 16.5. The van der Waals surface area contributed by atoms with Gasteiger partial charge in [-0.15, -0.1) is 0 Å². The number of aliphatic hydroxyl groups excluding tert-OH is 1. The zero-order valence-corrected chi connectivity index (χ0v) is 19.5. The Morgan fingerprint density at radius 3 is 2.47 bits per heavy atom. The second kappa shape index (κ2) is 10.3. The van der Waals surface area contributed by atoms with E-state index in [1.54, 1.807) is 4.90 Å². The van der Waals surface area contributed by atoms with Crippen LogP contribution in [0.3, 0.4) is 0 Å². The third-order valence-corrected chi connectivity index (χ3v) is 5.29. The van der Waals surface area contributed by atoms with Crippen LogP contribution in [0.15, 0.2) is 66.7 Å². The number of aromatic nitrogens is 1. The number of para-hydroxylation sites is 2. The SMILES string of the molecule is C=c1c(-c2ccccc2C)nc(C(O)N(C)c2ccccc2OC(C)C)c/c1=C/C=C\C. The summed E-state index contributed by atoms with van der Waals surface area (Å²) in [6.07, 6.45) is 5.00. The first-order valence-electron chi connectivity index (χ1n) is 10.9. The lowest BCUT2D eigenvalue weighted by Gasteiger charge is -2.28. The summed E-state index contributed by atoms with van der Waals surface area (Å²) in [5, 5.41) is 13.1. The molecule has 1 atom stereocenters. The van der Waals surface area contributed by atoms with E-state index in [-0.39, 0.29) is 6.10 Å². The first-order valence-corrected chi connectivity index (χ1v) is 10.9. The third-order valence-electron chi connectivity index (χ3n) is 5.29. The number of hydrogen-bond donors (Lipinski definition) is 1. The molecule has 0 spiro atoms. The van der Waals surface area contributed by atoms with Gasteiger partial charge in [0.15, 0.2) is 6.23 Å². The van der Waals surface area contributed by atoms with E-state index in [4.69, 9.17) is 9.72 Å². The molecule has 1 heterocycles. The Hall–Kier alpha value is -3.37. The molecule has 32 heavy (non-hydrogen) atoms. The van der Waals surface area contributed by atoms with Crippen LogP contribution in [0.25, 0.3) is 23.9 Å². The third kappa shape index (κ3) is 5.09. The molecule has 0 aliphatic heterocycles. The van der Waals surface area contributed by atoms with Crippen LogP contribution in [0.1, 0.15) is 38.3 Å². The first kappa shape index (κ1) is 23.3. The van der Waals surface area contributed by atoms with Crippen molar-refractivity contribution in [3.63, 3.8) is 0 Å². The lowest BCUT2D eigenvalue weighted by atomic mass is 10.0. The van der Waals surface area contributed by atoms with Crippen molar-refractivity contribution in [1.29, 1.82) is 0 Å². The summed E-state index contributed by atoms with van der Waals surface area (Å²) in [4.78, 5) is 6.65. The summed E-state index contributed by atoms with van der Waals surface area (Å²) in [6.45, 7) is 12.3. The molecule has 0 fully saturated rings. The smallest absolute Gasteiger partial charge is 0.170 e. The normalized spacial score (nSPS) is 13.0. The first-order chi connectivity index (χ1) is 15.3. The van der Waals surface area contributed by atoms with Gasteiger partial charge < -0.3 is 14.7 Å². The molecule has 0 amide bonds. The fourth-order valence-electron chi connectivity index (χ4n) is 3.59. The molecule has 1 N–H and O–H groups in total. The van der Waals surface area contributed by atoms with Crippen molar-refractivity contribution in [3.8, 4) is 17.0 Å². The van der Waals surface area contributed by atoms with Crippen LogP contribution in [0, 0.1) is 6.92 Å². The lowest BCUT2D eigenvalue weighted by molar-refractivity contribution is 0.171. The van der Waals surface area contributed by atoms with Gasteiger partial charge in [0.05, 0.1) is 23.2 Å². The van der Waals surface area contributed by atoms with E-state index in [1.807, 2.05) is 94.6 Å². The summed E-state index contributed by atoms with van der Waals surface area (Å²) in [7, 11) is 1.84. The Morgan fingerprint density at radius 2 is 1.78 bits per heavy atom. The summed E-state index contributed by atoms with van der Waals surface area (Å²) < 4.78 is 5.96. The molecule has 4 heteroatoms. The van der Waals surface area contributed by atoms with Crippen LogP contribution in [-0.2, 0) is 0 Å². The summed E-state index contributed by atoms with van der Waals surface area (Å²) in [5.41, 5.74) is 4.24. The Kier molecular flexibility index (Phi) is 7.49. The molecule has 2 aromatic carbocycles. The van der Waals surface area contributed by atoms with Crippen LogP contribution in [-0.4, -0.2) is 23.2 Å². The number of anilines is 1. The molecule has 1 aromatic heterocycles. The lowest BCUT2D eigenvalue weighted by Crippen LogP contribution is -2.32. The van der Waals surface area contributed by atoms with E-state index in [9.17, 15) is 5.11 Å². The van der Waals surface area contributed by atoms with Gasteiger partial charge in [0.2, 0.25) is 0 Å². The highest BCUT2D eigenvalue weighted by Gasteiger charge is 2.21. The molecule has 0 saturated heterocycles. The van der Waals surface area contributed by atoms with Gasteiger partial charge in [-0.25, -0.2) is 4.98 Å². The van der Waals surface area contributed by atoms with Gasteiger partial charge in [0.25, 0.3) is 0 Å². The molecule has 0 saturated carbocycles. The average molecular weight is 429 g/mol. The monoisotopic (exact) mass is 428 g/mol. The maximum atomic E-state index is 11.3. The largest absolute Gasteiger partial charge is 0.489 e. The Morgan fingerprint density at radius 1 is 1.09 bits per heavy atom. The molecular formula is C28H32N2O2. The molecule has 3 aromatic rings. The molecule has 0 aliphatic carbocycles. The highest BCUT2D eigenvalue weighted by molar-refractivity contribution is 5.65. The van der Waals surface area contributed by atoms with Crippen LogP contribution in [0.2, 0.25) is 0 Å². The van der Waals surface area contributed by atoms with E-state index in [0.717, 1.165) is 38.7 Å². The van der Waals surface area contributed by atoms with Crippen molar-refractivity contribution in [3.05, 3.63) is 88.4 Å². The van der Waals surface area contributed by atoms with Crippen LogP contribution >= 0.6 is 0 Å². The number of rotatable bonds is 7. The van der Waals surface area contributed by atoms with Gasteiger partial charge in [-0.05, 0) is 56.7 Å². The minimum Gasteiger partial charge on any atom is -0.489 e. The van der Waals surface area contributed by atoms with E-state index in [1.165, 1.54) is 0 Å². The van der Waals surface area contributed by atoms with E-state index in [0.29, 0.717) is 5.69 Å². The highest BCUT2D eigenvalue weighted by Crippen LogP contribution is 2.32. The fraction of sp³-hybridized carbons (Fsp3) is 0.250. The standard InChI is InChI=1S/C28H32N2O2/c1-7-8-14-22-18-24(29-27(21(22)5)23-15-10-9-13-20(23)4)28(31)30(6)25-16-11-12-17-26(25)32-19(2)3/h7-19,28,31H,5H2,1-4,6H3/b8-7-,22-14-. The second-order valence-electron chi connectivity index (χ2n) is 8.09. The summed E-state index contributed by atoms with van der Waals surface area (Å²) >= 11 is 0. The van der Waals surface area contributed by atoms with Crippen molar-refractivity contribution in [2.24, 2.45) is 0 Å². The van der Waals surface area contributed by atoms with Crippen molar-refractivity contribution < 1.29 is 9.84 Å². The number of pyridine rings is 1. The van der Waals surface area contributed by atoms with Gasteiger partial charge in [-0.2, -0.15) is 0 Å². The molecular weight excluding hydrogens is 396 g/mol. The Balaban J connectivity index is 2.15. The van der Waals surface area contributed by atoms with Gasteiger partial charge in [-0.3, -0.25) is 0 Å². The second-order valence-corrected chi connectivity index (χ2v) is 8.09. The molecule has 0 radical (unpaired) electrons.